The zero-order chi connectivity index (χ0) is 25.0. The van der Waals surface area contributed by atoms with Crippen LogP contribution in [-0.4, -0.2) is 32.2 Å². The van der Waals surface area contributed by atoms with Gasteiger partial charge in [-0.15, -0.1) is 0 Å². The average molecular weight is 501 g/mol. The number of ether oxygens (including phenoxy) is 3. The summed E-state index contributed by atoms with van der Waals surface area (Å²) in [7, 11) is 4.69. The van der Waals surface area contributed by atoms with Gasteiger partial charge in [-0.05, 0) is 48.5 Å². The lowest BCUT2D eigenvalue weighted by molar-refractivity contribution is 0.0971. The number of aromatic nitrogens is 1. The summed E-state index contributed by atoms with van der Waals surface area (Å²) in [6.45, 7) is 0. The van der Waals surface area contributed by atoms with Gasteiger partial charge in [0.15, 0.2) is 10.6 Å². The lowest BCUT2D eigenvalue weighted by atomic mass is 9.97. The quantitative estimate of drug-likeness (QED) is 0.328. The molecule has 0 unspecified atom stereocenters. The molecule has 1 amide bonds. The lowest BCUT2D eigenvalue weighted by Crippen LogP contribution is -2.29. The van der Waals surface area contributed by atoms with Crippen LogP contribution in [0.2, 0.25) is 0 Å². The second kappa shape index (κ2) is 8.39. The summed E-state index contributed by atoms with van der Waals surface area (Å²) in [4.78, 5) is 33.9. The topological polar surface area (TPSA) is 91.1 Å². The molecule has 36 heavy (non-hydrogen) atoms. The number of fused-ring (bicyclic) bond motifs is 3. The molecule has 1 aliphatic rings. The summed E-state index contributed by atoms with van der Waals surface area (Å²) >= 11 is 1.33. The zero-order valence-corrected chi connectivity index (χ0v) is 20.4. The number of carbonyl (C=O) groups is 1. The van der Waals surface area contributed by atoms with Gasteiger partial charge in [0.05, 0.1) is 42.5 Å². The molecular formula is C27H20N2O6S. The lowest BCUT2D eigenvalue weighted by Gasteiger charge is -2.24. The Labute approximate surface area is 209 Å². The molecule has 0 bridgehead atoms. The van der Waals surface area contributed by atoms with Crippen LogP contribution in [0.25, 0.3) is 21.2 Å². The first kappa shape index (κ1) is 22.1. The van der Waals surface area contributed by atoms with E-state index >= 15 is 0 Å². The third kappa shape index (κ3) is 3.24. The van der Waals surface area contributed by atoms with E-state index in [0.29, 0.717) is 44.4 Å². The highest BCUT2D eigenvalue weighted by Gasteiger charge is 2.46. The van der Waals surface area contributed by atoms with Gasteiger partial charge in [0, 0.05) is 5.56 Å². The summed E-state index contributed by atoms with van der Waals surface area (Å²) in [5, 5.41) is 0.819. The molecule has 5 aromatic rings. The Morgan fingerprint density at radius 3 is 2.44 bits per heavy atom. The van der Waals surface area contributed by atoms with E-state index in [1.54, 1.807) is 63.8 Å². The molecule has 6 rings (SSSR count). The first-order chi connectivity index (χ1) is 17.5. The molecule has 0 saturated carbocycles. The number of anilines is 1. The van der Waals surface area contributed by atoms with Crippen LogP contribution in [0.3, 0.4) is 0 Å². The van der Waals surface area contributed by atoms with Crippen molar-refractivity contribution in [2.24, 2.45) is 0 Å². The fraction of sp³-hybridized carbons (Fsp3) is 0.148. The van der Waals surface area contributed by atoms with E-state index in [2.05, 4.69) is 0 Å². The van der Waals surface area contributed by atoms with E-state index in [1.807, 2.05) is 18.2 Å². The van der Waals surface area contributed by atoms with Gasteiger partial charge < -0.3 is 18.6 Å². The molecule has 2 aromatic heterocycles. The molecule has 3 heterocycles. The number of rotatable bonds is 5. The Balaban J connectivity index is 1.65. The minimum Gasteiger partial charge on any atom is -0.497 e. The monoisotopic (exact) mass is 500 g/mol. The smallest absolute Gasteiger partial charge is 0.297 e. The maximum Gasteiger partial charge on any atom is 0.297 e. The molecule has 0 N–H and O–H groups in total. The third-order valence-electron chi connectivity index (χ3n) is 6.30. The number of hydrogen-bond donors (Lipinski definition) is 0. The Hall–Kier alpha value is -4.37. The molecule has 0 aliphatic carbocycles. The first-order valence-electron chi connectivity index (χ1n) is 11.1. The van der Waals surface area contributed by atoms with Crippen LogP contribution in [0, 0.1) is 0 Å². The highest BCUT2D eigenvalue weighted by molar-refractivity contribution is 7.22. The normalized spacial score (nSPS) is 14.9. The summed E-state index contributed by atoms with van der Waals surface area (Å²) in [5.74, 6) is 1.29. The Bertz CT molecular complexity index is 1720. The third-order valence-corrected chi connectivity index (χ3v) is 7.32. The summed E-state index contributed by atoms with van der Waals surface area (Å²) in [5.41, 5.74) is 1.60. The number of benzene rings is 3. The number of carbonyl (C=O) groups excluding carboxylic acids is 1. The number of methoxy groups -OCH3 is 3. The molecular weight excluding hydrogens is 480 g/mol. The number of thiazole rings is 1. The van der Waals surface area contributed by atoms with Crippen molar-refractivity contribution in [3.63, 3.8) is 0 Å². The molecule has 0 saturated heterocycles. The van der Waals surface area contributed by atoms with Crippen LogP contribution in [-0.2, 0) is 0 Å². The maximum atomic E-state index is 13.9. The van der Waals surface area contributed by atoms with Crippen LogP contribution in [0.15, 0.2) is 69.9 Å². The molecule has 0 spiro atoms. The van der Waals surface area contributed by atoms with Crippen molar-refractivity contribution >= 4 is 43.6 Å². The van der Waals surface area contributed by atoms with Crippen molar-refractivity contribution in [2.75, 3.05) is 26.2 Å². The van der Waals surface area contributed by atoms with Gasteiger partial charge in [-0.2, -0.15) is 0 Å². The SMILES string of the molecule is COc1ccc(OC)c([C@@H]2c3c(oc4ccccc4c3=O)C(=O)N2c2nc3ccc(OC)cc3s2)c1. The van der Waals surface area contributed by atoms with Crippen molar-refractivity contribution in [3.8, 4) is 17.2 Å². The summed E-state index contributed by atoms with van der Waals surface area (Å²) in [6, 6.07) is 16.9. The number of hydrogen-bond acceptors (Lipinski definition) is 8. The van der Waals surface area contributed by atoms with Gasteiger partial charge in [-0.25, -0.2) is 4.98 Å². The predicted octanol–water partition coefficient (Wildman–Crippen LogP) is 5.18. The van der Waals surface area contributed by atoms with Gasteiger partial charge in [0.2, 0.25) is 5.76 Å². The maximum absolute atomic E-state index is 13.9. The second-order valence-corrected chi connectivity index (χ2v) is 9.19. The van der Waals surface area contributed by atoms with Crippen molar-refractivity contribution in [3.05, 3.63) is 87.8 Å². The van der Waals surface area contributed by atoms with E-state index in [0.717, 1.165) is 4.70 Å². The predicted molar refractivity (Wildman–Crippen MR) is 137 cm³/mol. The molecule has 3 aromatic carbocycles. The highest BCUT2D eigenvalue weighted by atomic mass is 32.1. The van der Waals surface area contributed by atoms with Crippen LogP contribution in [0.4, 0.5) is 5.13 Å². The Morgan fingerprint density at radius 1 is 0.917 bits per heavy atom. The highest BCUT2D eigenvalue weighted by Crippen LogP contribution is 2.46. The van der Waals surface area contributed by atoms with Gasteiger partial charge in [-0.3, -0.25) is 14.5 Å². The molecule has 180 valence electrons. The van der Waals surface area contributed by atoms with E-state index < -0.39 is 11.9 Å². The van der Waals surface area contributed by atoms with Crippen molar-refractivity contribution in [1.29, 1.82) is 0 Å². The molecule has 1 atom stereocenters. The second-order valence-electron chi connectivity index (χ2n) is 8.19. The van der Waals surface area contributed by atoms with Gasteiger partial charge in [-0.1, -0.05) is 23.5 Å². The standard InChI is InChI=1S/C27H20N2O6S/c1-32-14-9-11-19(34-3)17(12-14)23-22-24(30)16-6-4-5-7-20(16)35-25(22)26(31)29(23)27-28-18-10-8-15(33-2)13-21(18)36-27/h4-13,23H,1-3H3/t23-/m1/s1. The summed E-state index contributed by atoms with van der Waals surface area (Å²) < 4.78 is 23.3. The number of amides is 1. The van der Waals surface area contributed by atoms with Gasteiger partial charge in [0.25, 0.3) is 5.91 Å². The molecule has 0 fully saturated rings. The van der Waals surface area contributed by atoms with E-state index in [1.165, 1.54) is 16.2 Å². The largest absolute Gasteiger partial charge is 0.497 e. The van der Waals surface area contributed by atoms with E-state index in [-0.39, 0.29) is 16.8 Å². The van der Waals surface area contributed by atoms with Crippen molar-refractivity contribution in [2.45, 2.75) is 6.04 Å². The molecule has 0 radical (unpaired) electrons. The van der Waals surface area contributed by atoms with E-state index in [4.69, 9.17) is 23.6 Å². The molecule has 8 nitrogen and oxygen atoms in total. The molecule has 1 aliphatic heterocycles. The molecule has 9 heteroatoms. The minimum atomic E-state index is -0.833. The fourth-order valence-electron chi connectivity index (χ4n) is 4.59. The van der Waals surface area contributed by atoms with E-state index in [9.17, 15) is 9.59 Å². The Morgan fingerprint density at radius 2 is 1.67 bits per heavy atom. The van der Waals surface area contributed by atoms with Crippen LogP contribution in [0.5, 0.6) is 17.2 Å². The summed E-state index contributed by atoms with van der Waals surface area (Å²) in [6.07, 6.45) is 0. The van der Waals surface area contributed by atoms with Gasteiger partial charge >= 0.3 is 0 Å². The average Bonchev–Trinajstić information content (AvgIpc) is 3.46. The van der Waals surface area contributed by atoms with Gasteiger partial charge in [0.1, 0.15) is 28.9 Å². The minimum absolute atomic E-state index is 0.00888. The van der Waals surface area contributed by atoms with Crippen molar-refractivity contribution in [1.82, 2.24) is 4.98 Å². The van der Waals surface area contributed by atoms with Crippen LogP contribution >= 0.6 is 11.3 Å². The number of nitrogens with zero attached hydrogens (tertiary/aromatic N) is 2. The fourth-order valence-corrected chi connectivity index (χ4v) is 5.61. The Kier molecular flexibility index (Phi) is 5.15. The number of para-hydroxylation sites is 1. The van der Waals surface area contributed by atoms with Crippen LogP contribution in [0.1, 0.15) is 27.7 Å². The van der Waals surface area contributed by atoms with Crippen LogP contribution < -0.4 is 24.5 Å². The zero-order valence-electron chi connectivity index (χ0n) is 19.6. The van der Waals surface area contributed by atoms with Crippen molar-refractivity contribution < 1.29 is 23.4 Å². The first-order valence-corrected chi connectivity index (χ1v) is 11.9.